The standard InChI is InChI=1S/C21H21N5O3/c1-2-10-24-14-16(13-22-24)21-12-20(15-4-3-5-19(27)11-15)23-25(21)17-6-8-18(9-7-17)26(28)29/h3-9,11,13-14,21,27H,2,10,12H2,1H3. The van der Waals surface area contributed by atoms with Crippen molar-refractivity contribution in [3.8, 4) is 5.75 Å². The van der Waals surface area contributed by atoms with E-state index in [2.05, 4.69) is 12.0 Å². The number of aromatic nitrogens is 2. The summed E-state index contributed by atoms with van der Waals surface area (Å²) in [4.78, 5) is 10.6. The number of nitro benzene ring substituents is 1. The highest BCUT2D eigenvalue weighted by atomic mass is 16.6. The van der Waals surface area contributed by atoms with Crippen LogP contribution in [-0.4, -0.2) is 25.5 Å². The van der Waals surface area contributed by atoms with Crippen LogP contribution >= 0.6 is 0 Å². The molecule has 0 saturated carbocycles. The van der Waals surface area contributed by atoms with E-state index >= 15 is 0 Å². The largest absolute Gasteiger partial charge is 0.508 e. The number of phenolic OH excluding ortho intramolecular Hbond substituents is 1. The average Bonchev–Trinajstić information content (AvgIpc) is 3.35. The van der Waals surface area contributed by atoms with E-state index in [1.165, 1.54) is 12.1 Å². The van der Waals surface area contributed by atoms with Crippen molar-refractivity contribution in [3.63, 3.8) is 0 Å². The minimum absolute atomic E-state index is 0.0393. The maximum atomic E-state index is 11.0. The molecule has 1 aromatic heterocycles. The zero-order valence-electron chi connectivity index (χ0n) is 16.0. The summed E-state index contributed by atoms with van der Waals surface area (Å²) in [6, 6.07) is 13.3. The highest BCUT2D eigenvalue weighted by Crippen LogP contribution is 2.37. The van der Waals surface area contributed by atoms with Crippen LogP contribution in [0.15, 0.2) is 66.0 Å². The van der Waals surface area contributed by atoms with E-state index in [1.807, 2.05) is 28.2 Å². The molecule has 8 nitrogen and oxygen atoms in total. The molecule has 1 N–H and O–H groups in total. The van der Waals surface area contributed by atoms with Gasteiger partial charge in [0.2, 0.25) is 0 Å². The van der Waals surface area contributed by atoms with Crippen molar-refractivity contribution < 1.29 is 10.0 Å². The van der Waals surface area contributed by atoms with Gasteiger partial charge in [-0.15, -0.1) is 0 Å². The molecule has 2 heterocycles. The van der Waals surface area contributed by atoms with Gasteiger partial charge in [-0.25, -0.2) is 0 Å². The summed E-state index contributed by atoms with van der Waals surface area (Å²) < 4.78 is 1.91. The van der Waals surface area contributed by atoms with Crippen molar-refractivity contribution in [3.05, 3.63) is 82.2 Å². The van der Waals surface area contributed by atoms with Crippen molar-refractivity contribution in [2.45, 2.75) is 32.4 Å². The van der Waals surface area contributed by atoms with Crippen molar-refractivity contribution in [2.75, 3.05) is 5.01 Å². The Labute approximate surface area is 167 Å². The average molecular weight is 391 g/mol. The number of non-ortho nitro benzene ring substituents is 1. The van der Waals surface area contributed by atoms with Gasteiger partial charge in [0.1, 0.15) is 5.75 Å². The number of rotatable bonds is 6. The Morgan fingerprint density at radius 3 is 2.72 bits per heavy atom. The molecule has 3 aromatic rings. The quantitative estimate of drug-likeness (QED) is 0.500. The number of anilines is 1. The van der Waals surface area contributed by atoms with E-state index in [4.69, 9.17) is 5.10 Å². The Hall–Kier alpha value is -3.68. The number of nitrogens with zero attached hydrogens (tertiary/aromatic N) is 5. The van der Waals surface area contributed by atoms with E-state index in [-0.39, 0.29) is 17.5 Å². The molecule has 0 fully saturated rings. The van der Waals surface area contributed by atoms with Crippen LogP contribution in [0.4, 0.5) is 11.4 Å². The third-order valence-corrected chi connectivity index (χ3v) is 4.91. The third-order valence-electron chi connectivity index (χ3n) is 4.91. The number of aryl methyl sites for hydroxylation is 1. The van der Waals surface area contributed by atoms with Gasteiger partial charge < -0.3 is 5.11 Å². The van der Waals surface area contributed by atoms with Gasteiger partial charge in [-0.3, -0.25) is 19.8 Å². The summed E-state index contributed by atoms with van der Waals surface area (Å²) in [5.74, 6) is 0.186. The van der Waals surface area contributed by atoms with E-state index in [1.54, 1.807) is 30.3 Å². The predicted octanol–water partition coefficient (Wildman–Crippen LogP) is 4.26. The monoisotopic (exact) mass is 391 g/mol. The van der Waals surface area contributed by atoms with Gasteiger partial charge in [-0.05, 0) is 30.7 Å². The Morgan fingerprint density at radius 2 is 2.03 bits per heavy atom. The van der Waals surface area contributed by atoms with Crippen LogP contribution in [0, 0.1) is 10.1 Å². The molecule has 29 heavy (non-hydrogen) atoms. The highest BCUT2D eigenvalue weighted by Gasteiger charge is 2.31. The molecule has 0 saturated heterocycles. The summed E-state index contributed by atoms with van der Waals surface area (Å²) in [5, 5.41) is 31.9. The number of hydrazone groups is 1. The van der Waals surface area contributed by atoms with Crippen LogP contribution in [0.1, 0.15) is 36.9 Å². The topological polar surface area (TPSA) is 96.8 Å². The van der Waals surface area contributed by atoms with E-state index in [0.29, 0.717) is 6.42 Å². The minimum Gasteiger partial charge on any atom is -0.508 e. The lowest BCUT2D eigenvalue weighted by Crippen LogP contribution is -2.18. The van der Waals surface area contributed by atoms with Crippen LogP contribution in [-0.2, 0) is 6.54 Å². The number of hydrogen-bond acceptors (Lipinski definition) is 6. The van der Waals surface area contributed by atoms with Gasteiger partial charge in [0.15, 0.2) is 0 Å². The molecule has 0 bridgehead atoms. The zero-order chi connectivity index (χ0) is 20.4. The van der Waals surface area contributed by atoms with Crippen molar-refractivity contribution >= 4 is 17.1 Å². The highest BCUT2D eigenvalue weighted by molar-refractivity contribution is 6.03. The van der Waals surface area contributed by atoms with E-state index in [9.17, 15) is 15.2 Å². The fraction of sp³-hybridized carbons (Fsp3) is 0.238. The first-order valence-electron chi connectivity index (χ1n) is 9.48. The molecule has 0 aliphatic carbocycles. The van der Waals surface area contributed by atoms with Gasteiger partial charge in [0.05, 0.1) is 28.6 Å². The van der Waals surface area contributed by atoms with Crippen molar-refractivity contribution in [2.24, 2.45) is 5.10 Å². The maximum absolute atomic E-state index is 11.0. The summed E-state index contributed by atoms with van der Waals surface area (Å²) in [7, 11) is 0. The van der Waals surface area contributed by atoms with Crippen LogP contribution in [0.25, 0.3) is 0 Å². The summed E-state index contributed by atoms with van der Waals surface area (Å²) in [6.07, 6.45) is 5.49. The van der Waals surface area contributed by atoms with Crippen molar-refractivity contribution in [1.82, 2.24) is 9.78 Å². The minimum atomic E-state index is -0.415. The number of aromatic hydroxyl groups is 1. The predicted molar refractivity (Wildman–Crippen MR) is 110 cm³/mol. The number of nitro groups is 1. The van der Waals surface area contributed by atoms with Crippen LogP contribution in [0.3, 0.4) is 0 Å². The van der Waals surface area contributed by atoms with Gasteiger partial charge >= 0.3 is 0 Å². The lowest BCUT2D eigenvalue weighted by molar-refractivity contribution is -0.384. The smallest absolute Gasteiger partial charge is 0.269 e. The van der Waals surface area contributed by atoms with E-state index in [0.717, 1.165) is 35.5 Å². The second-order valence-corrected chi connectivity index (χ2v) is 6.97. The summed E-state index contributed by atoms with van der Waals surface area (Å²) >= 11 is 0. The second kappa shape index (κ2) is 7.75. The lowest BCUT2D eigenvalue weighted by atomic mass is 10.0. The summed E-state index contributed by atoms with van der Waals surface area (Å²) in [6.45, 7) is 2.94. The molecule has 1 atom stereocenters. The maximum Gasteiger partial charge on any atom is 0.269 e. The Kier molecular flexibility index (Phi) is 4.99. The van der Waals surface area contributed by atoms with Crippen LogP contribution in [0.5, 0.6) is 5.75 Å². The first-order chi connectivity index (χ1) is 14.0. The number of phenols is 1. The molecule has 0 spiro atoms. The first kappa shape index (κ1) is 18.7. The number of benzene rings is 2. The molecule has 0 amide bonds. The van der Waals surface area contributed by atoms with Gasteiger partial charge in [0.25, 0.3) is 5.69 Å². The third kappa shape index (κ3) is 3.82. The molecule has 8 heteroatoms. The first-order valence-corrected chi connectivity index (χ1v) is 9.48. The fourth-order valence-corrected chi connectivity index (χ4v) is 3.50. The van der Waals surface area contributed by atoms with Crippen LogP contribution < -0.4 is 5.01 Å². The fourth-order valence-electron chi connectivity index (χ4n) is 3.50. The molecule has 0 radical (unpaired) electrons. The molecule has 1 aliphatic heterocycles. The van der Waals surface area contributed by atoms with Gasteiger partial charge in [-0.2, -0.15) is 10.2 Å². The second-order valence-electron chi connectivity index (χ2n) is 6.97. The van der Waals surface area contributed by atoms with Gasteiger partial charge in [-0.1, -0.05) is 19.1 Å². The normalized spacial score (nSPS) is 16.1. The molecule has 2 aromatic carbocycles. The molecular formula is C21H21N5O3. The molecule has 1 aliphatic rings. The number of hydrogen-bond donors (Lipinski definition) is 1. The molecule has 4 rings (SSSR count). The summed E-state index contributed by atoms with van der Waals surface area (Å²) in [5.41, 5.74) is 3.51. The van der Waals surface area contributed by atoms with Gasteiger partial charge in [0, 0.05) is 42.4 Å². The van der Waals surface area contributed by atoms with E-state index < -0.39 is 4.92 Å². The molecular weight excluding hydrogens is 370 g/mol. The zero-order valence-corrected chi connectivity index (χ0v) is 16.0. The lowest BCUT2D eigenvalue weighted by Gasteiger charge is -2.22. The molecule has 148 valence electrons. The molecule has 1 unspecified atom stereocenters. The Morgan fingerprint density at radius 1 is 1.24 bits per heavy atom. The van der Waals surface area contributed by atoms with Crippen LogP contribution in [0.2, 0.25) is 0 Å². The van der Waals surface area contributed by atoms with Crippen molar-refractivity contribution in [1.29, 1.82) is 0 Å². The SMILES string of the molecule is CCCn1cc(C2CC(c3cccc(O)c3)=NN2c2ccc([N+](=O)[O-])cc2)cn1. The Bertz CT molecular complexity index is 1060. The Balaban J connectivity index is 1.71.